The van der Waals surface area contributed by atoms with E-state index in [1.807, 2.05) is 48.5 Å². The minimum Gasteiger partial charge on any atom is -0.497 e. The number of methoxy groups -OCH3 is 2. The Morgan fingerprint density at radius 3 is 2.48 bits per heavy atom. The molecule has 25 heavy (non-hydrogen) atoms. The molecule has 6 nitrogen and oxygen atoms in total. The molecule has 0 saturated carbocycles. The molecule has 0 saturated heterocycles. The predicted molar refractivity (Wildman–Crippen MR) is 92.9 cm³/mol. The summed E-state index contributed by atoms with van der Waals surface area (Å²) in [7, 11) is 3.25. The summed E-state index contributed by atoms with van der Waals surface area (Å²) in [6, 6.07) is 15.0. The summed E-state index contributed by atoms with van der Waals surface area (Å²) in [6.07, 6.45) is 0. The van der Waals surface area contributed by atoms with Gasteiger partial charge in [-0.2, -0.15) is 5.10 Å². The second-order valence-corrected chi connectivity index (χ2v) is 5.74. The Labute approximate surface area is 144 Å². The van der Waals surface area contributed by atoms with E-state index < -0.39 is 0 Å². The Balaban J connectivity index is 1.84. The van der Waals surface area contributed by atoms with Crippen LogP contribution in [0.4, 0.5) is 0 Å². The molecule has 2 aromatic carbocycles. The van der Waals surface area contributed by atoms with Gasteiger partial charge in [-0.25, -0.2) is 0 Å². The van der Waals surface area contributed by atoms with E-state index >= 15 is 0 Å². The topological polar surface area (TPSA) is 76.2 Å². The number of benzene rings is 2. The summed E-state index contributed by atoms with van der Waals surface area (Å²) in [5.74, 6) is 1.33. The molecule has 1 amide bonds. The van der Waals surface area contributed by atoms with Crippen LogP contribution in [0.2, 0.25) is 0 Å². The van der Waals surface area contributed by atoms with Crippen molar-refractivity contribution in [3.05, 3.63) is 65.4 Å². The summed E-state index contributed by atoms with van der Waals surface area (Å²) in [4.78, 5) is 12.4. The molecule has 1 atom stereocenters. The fraction of sp³-hybridized carbons (Fsp3) is 0.158. The van der Waals surface area contributed by atoms with Crippen molar-refractivity contribution >= 4 is 5.91 Å². The molecule has 126 valence electrons. The maximum absolute atomic E-state index is 12.4. The van der Waals surface area contributed by atoms with Gasteiger partial charge in [0, 0.05) is 16.7 Å². The lowest BCUT2D eigenvalue weighted by Gasteiger charge is -2.16. The highest BCUT2D eigenvalue weighted by Crippen LogP contribution is 2.40. The minimum atomic E-state index is -0.311. The van der Waals surface area contributed by atoms with Crippen LogP contribution < -0.4 is 14.8 Å². The van der Waals surface area contributed by atoms with Gasteiger partial charge in [0.25, 0.3) is 5.91 Å². The van der Waals surface area contributed by atoms with E-state index in [2.05, 4.69) is 15.5 Å². The average molecular weight is 335 g/mol. The second kappa shape index (κ2) is 5.98. The maximum atomic E-state index is 12.4. The largest absolute Gasteiger partial charge is 0.497 e. The predicted octanol–water partition coefficient (Wildman–Crippen LogP) is 2.93. The van der Waals surface area contributed by atoms with Crippen molar-refractivity contribution in [2.45, 2.75) is 6.04 Å². The Morgan fingerprint density at radius 2 is 1.76 bits per heavy atom. The van der Waals surface area contributed by atoms with Crippen LogP contribution in [0, 0.1) is 0 Å². The molecular formula is C19H17N3O3. The second-order valence-electron chi connectivity index (χ2n) is 5.74. The van der Waals surface area contributed by atoms with E-state index in [1.165, 1.54) is 0 Å². The SMILES string of the molecule is COc1ccc(-c2n[nH]c3c2C(c2ccccc2OC)NC3=O)cc1. The van der Waals surface area contributed by atoms with Gasteiger partial charge in [0.1, 0.15) is 17.2 Å². The zero-order valence-electron chi connectivity index (χ0n) is 13.9. The van der Waals surface area contributed by atoms with Crippen molar-refractivity contribution < 1.29 is 14.3 Å². The number of nitrogens with one attached hydrogen (secondary N) is 2. The van der Waals surface area contributed by atoms with Crippen LogP contribution in [0.3, 0.4) is 0 Å². The number of amides is 1. The number of aromatic amines is 1. The van der Waals surface area contributed by atoms with Gasteiger partial charge in [-0.05, 0) is 30.3 Å². The number of hydrogen-bond donors (Lipinski definition) is 2. The van der Waals surface area contributed by atoms with Gasteiger partial charge in [-0.3, -0.25) is 9.89 Å². The molecule has 2 N–H and O–H groups in total. The van der Waals surface area contributed by atoms with E-state index in [0.29, 0.717) is 5.69 Å². The number of aromatic nitrogens is 2. The number of ether oxygens (including phenoxy) is 2. The first kappa shape index (κ1) is 15.3. The summed E-state index contributed by atoms with van der Waals surface area (Å²) in [5, 5.41) is 10.3. The third-order valence-corrected chi connectivity index (χ3v) is 4.41. The molecule has 0 radical (unpaired) electrons. The van der Waals surface area contributed by atoms with Crippen LogP contribution in [0.5, 0.6) is 11.5 Å². The molecule has 1 aliphatic heterocycles. The lowest BCUT2D eigenvalue weighted by Crippen LogP contribution is -2.21. The van der Waals surface area contributed by atoms with Gasteiger partial charge in [-0.1, -0.05) is 18.2 Å². The molecular weight excluding hydrogens is 318 g/mol. The van der Waals surface area contributed by atoms with Gasteiger partial charge in [-0.15, -0.1) is 0 Å². The van der Waals surface area contributed by atoms with E-state index in [9.17, 15) is 4.79 Å². The van der Waals surface area contributed by atoms with Gasteiger partial charge < -0.3 is 14.8 Å². The monoisotopic (exact) mass is 335 g/mol. The number of nitrogens with zero attached hydrogens (tertiary/aromatic N) is 1. The van der Waals surface area contributed by atoms with Crippen molar-refractivity contribution in [1.82, 2.24) is 15.5 Å². The Kier molecular flexibility index (Phi) is 3.65. The van der Waals surface area contributed by atoms with E-state index in [4.69, 9.17) is 9.47 Å². The van der Waals surface area contributed by atoms with Crippen LogP contribution in [-0.2, 0) is 0 Å². The highest BCUT2D eigenvalue weighted by molar-refractivity contribution is 6.00. The molecule has 1 aromatic heterocycles. The molecule has 0 fully saturated rings. The molecule has 4 rings (SSSR count). The van der Waals surface area contributed by atoms with Gasteiger partial charge in [0.15, 0.2) is 0 Å². The van der Waals surface area contributed by atoms with Gasteiger partial charge >= 0.3 is 0 Å². The molecule has 3 aromatic rings. The van der Waals surface area contributed by atoms with E-state index in [-0.39, 0.29) is 11.9 Å². The number of carbonyl (C=O) groups excluding carboxylic acids is 1. The van der Waals surface area contributed by atoms with Crippen LogP contribution >= 0.6 is 0 Å². The normalized spacial score (nSPS) is 15.6. The standard InChI is InChI=1S/C19H17N3O3/c1-24-12-9-7-11(8-10-12)16-15-17(20-19(23)18(15)22-21-16)13-5-3-4-6-14(13)25-2/h3-10,17H,1-2H3,(H,20,23)(H,21,22). The minimum absolute atomic E-state index is 0.168. The Bertz CT molecular complexity index is 931. The van der Waals surface area contributed by atoms with Crippen molar-refractivity contribution in [3.63, 3.8) is 0 Å². The summed E-state index contributed by atoms with van der Waals surface area (Å²) < 4.78 is 10.7. The number of carbonyl (C=O) groups is 1. The number of fused-ring (bicyclic) bond motifs is 1. The summed E-state index contributed by atoms with van der Waals surface area (Å²) >= 11 is 0. The van der Waals surface area contributed by atoms with Crippen molar-refractivity contribution in [3.8, 4) is 22.8 Å². The zero-order chi connectivity index (χ0) is 17.4. The van der Waals surface area contributed by atoms with Crippen molar-refractivity contribution in [1.29, 1.82) is 0 Å². The third kappa shape index (κ3) is 2.42. The first-order chi connectivity index (χ1) is 12.2. The maximum Gasteiger partial charge on any atom is 0.270 e. The van der Waals surface area contributed by atoms with E-state index in [0.717, 1.165) is 33.9 Å². The Hall–Kier alpha value is -3.28. The average Bonchev–Trinajstić information content (AvgIpc) is 3.23. The van der Waals surface area contributed by atoms with Crippen LogP contribution in [0.15, 0.2) is 48.5 Å². The van der Waals surface area contributed by atoms with Crippen molar-refractivity contribution in [2.24, 2.45) is 0 Å². The molecule has 1 unspecified atom stereocenters. The lowest BCUT2D eigenvalue weighted by atomic mass is 9.96. The molecule has 0 spiro atoms. The zero-order valence-corrected chi connectivity index (χ0v) is 13.9. The number of para-hydroxylation sites is 1. The van der Waals surface area contributed by atoms with Crippen LogP contribution in [-0.4, -0.2) is 30.3 Å². The summed E-state index contributed by atoms with van der Waals surface area (Å²) in [6.45, 7) is 0. The Morgan fingerprint density at radius 1 is 1.00 bits per heavy atom. The van der Waals surface area contributed by atoms with Gasteiger partial charge in [0.05, 0.1) is 26.0 Å². The highest BCUT2D eigenvalue weighted by Gasteiger charge is 2.36. The fourth-order valence-corrected chi connectivity index (χ4v) is 3.19. The fourth-order valence-electron chi connectivity index (χ4n) is 3.19. The third-order valence-electron chi connectivity index (χ3n) is 4.41. The summed E-state index contributed by atoms with van der Waals surface area (Å²) in [5.41, 5.74) is 3.87. The molecule has 0 bridgehead atoms. The van der Waals surface area contributed by atoms with Crippen LogP contribution in [0.25, 0.3) is 11.3 Å². The first-order valence-corrected chi connectivity index (χ1v) is 7.89. The van der Waals surface area contributed by atoms with Crippen LogP contribution in [0.1, 0.15) is 27.7 Å². The van der Waals surface area contributed by atoms with E-state index in [1.54, 1.807) is 14.2 Å². The number of H-pyrrole nitrogens is 1. The smallest absolute Gasteiger partial charge is 0.270 e. The molecule has 0 aliphatic carbocycles. The quantitative estimate of drug-likeness (QED) is 0.769. The number of rotatable bonds is 4. The highest BCUT2D eigenvalue weighted by atomic mass is 16.5. The van der Waals surface area contributed by atoms with Gasteiger partial charge in [0.2, 0.25) is 0 Å². The first-order valence-electron chi connectivity index (χ1n) is 7.89. The van der Waals surface area contributed by atoms with Crippen molar-refractivity contribution in [2.75, 3.05) is 14.2 Å². The molecule has 2 heterocycles. The number of hydrogen-bond acceptors (Lipinski definition) is 4. The lowest BCUT2D eigenvalue weighted by molar-refractivity contribution is 0.0955. The molecule has 6 heteroatoms. The molecule has 1 aliphatic rings.